The highest BCUT2D eigenvalue weighted by atomic mass is 16.3. The van der Waals surface area contributed by atoms with Crippen LogP contribution < -0.4 is 4.90 Å². The second kappa shape index (κ2) is 10.7. The fourth-order valence-electron chi connectivity index (χ4n) is 8.87. The van der Waals surface area contributed by atoms with Crippen molar-refractivity contribution in [1.82, 2.24) is 0 Å². The Morgan fingerprint density at radius 2 is 1.00 bits per heavy atom. The number of nitrogens with zero attached hydrogens (tertiary/aromatic N) is 1. The van der Waals surface area contributed by atoms with Crippen LogP contribution in [0.25, 0.3) is 76.9 Å². The van der Waals surface area contributed by atoms with Gasteiger partial charge in [0.2, 0.25) is 0 Å². The van der Waals surface area contributed by atoms with E-state index in [1.807, 2.05) is 12.1 Å². The van der Waals surface area contributed by atoms with Crippen molar-refractivity contribution in [3.63, 3.8) is 0 Å². The monoisotopic (exact) mass is 667 g/mol. The zero-order valence-electron chi connectivity index (χ0n) is 28.9. The molecule has 0 amide bonds. The van der Waals surface area contributed by atoms with Crippen LogP contribution >= 0.6 is 0 Å². The lowest BCUT2D eigenvalue weighted by Crippen LogP contribution is -2.16. The van der Waals surface area contributed by atoms with Crippen LogP contribution in [0.5, 0.6) is 0 Å². The van der Waals surface area contributed by atoms with Gasteiger partial charge in [-0.3, -0.25) is 0 Å². The van der Waals surface area contributed by atoms with Crippen LogP contribution in [0, 0.1) is 0 Å². The average molecular weight is 668 g/mol. The molecule has 0 fully saturated rings. The second-order valence-electron chi connectivity index (χ2n) is 14.4. The first-order chi connectivity index (χ1) is 25.6. The van der Waals surface area contributed by atoms with Crippen molar-refractivity contribution in [2.24, 2.45) is 0 Å². The van der Waals surface area contributed by atoms with E-state index < -0.39 is 0 Å². The number of benzene rings is 8. The Bertz CT molecular complexity index is 3050. The van der Waals surface area contributed by atoms with Crippen molar-refractivity contribution >= 4 is 71.7 Å². The lowest BCUT2D eigenvalue weighted by molar-refractivity contribution is 0.660. The molecule has 0 bridgehead atoms. The predicted octanol–water partition coefficient (Wildman–Crippen LogP) is 14.1. The highest BCUT2D eigenvalue weighted by Crippen LogP contribution is 2.52. The molecule has 3 heteroatoms. The van der Waals surface area contributed by atoms with E-state index in [0.717, 1.165) is 82.8 Å². The Morgan fingerprint density at radius 1 is 0.404 bits per heavy atom. The molecule has 0 saturated heterocycles. The van der Waals surface area contributed by atoms with E-state index in [4.69, 9.17) is 8.83 Å². The lowest BCUT2D eigenvalue weighted by Gasteiger charge is -2.29. The molecule has 10 aromatic rings. The largest absolute Gasteiger partial charge is 0.456 e. The fraction of sp³-hybridized carbons (Fsp3) is 0.0612. The zero-order chi connectivity index (χ0) is 34.6. The summed E-state index contributed by atoms with van der Waals surface area (Å²) < 4.78 is 13.2. The SMILES string of the molecule is CC1(C)c2ccccc2-c2ccc(N(c3ccccc3)c3cc4c(oc5cccc(-c6cccc7oc8ccccc8c67)c54)c4ccccc34)cc21. The second-order valence-corrected chi connectivity index (χ2v) is 14.4. The number of anilines is 3. The van der Waals surface area contributed by atoms with Crippen molar-refractivity contribution in [1.29, 1.82) is 0 Å². The van der Waals surface area contributed by atoms with Crippen molar-refractivity contribution in [3.8, 4) is 22.3 Å². The average Bonchev–Trinajstić information content (AvgIpc) is 3.84. The Kier molecular flexibility index (Phi) is 6.01. The van der Waals surface area contributed by atoms with Gasteiger partial charge in [0.05, 0.1) is 5.69 Å². The van der Waals surface area contributed by atoms with Gasteiger partial charge in [-0.1, -0.05) is 129 Å². The molecule has 0 aliphatic heterocycles. The molecule has 52 heavy (non-hydrogen) atoms. The summed E-state index contributed by atoms with van der Waals surface area (Å²) in [5.74, 6) is 0. The molecule has 8 aromatic carbocycles. The van der Waals surface area contributed by atoms with E-state index in [1.54, 1.807) is 0 Å². The number of fused-ring (bicyclic) bond motifs is 11. The minimum absolute atomic E-state index is 0.121. The molecule has 1 aliphatic rings. The normalized spacial score (nSPS) is 13.3. The molecule has 0 unspecified atom stereocenters. The molecule has 2 heterocycles. The van der Waals surface area contributed by atoms with Crippen LogP contribution in [-0.2, 0) is 5.41 Å². The Balaban J connectivity index is 1.21. The van der Waals surface area contributed by atoms with Crippen molar-refractivity contribution in [3.05, 3.63) is 175 Å². The summed E-state index contributed by atoms with van der Waals surface area (Å²) in [5, 5.41) is 6.62. The van der Waals surface area contributed by atoms with E-state index >= 15 is 0 Å². The van der Waals surface area contributed by atoms with Crippen LogP contribution in [0.4, 0.5) is 17.1 Å². The summed E-state index contributed by atoms with van der Waals surface area (Å²) in [7, 11) is 0. The third-order valence-corrected chi connectivity index (χ3v) is 11.3. The highest BCUT2D eigenvalue weighted by Gasteiger charge is 2.36. The van der Waals surface area contributed by atoms with E-state index in [0.29, 0.717) is 0 Å². The van der Waals surface area contributed by atoms with Crippen molar-refractivity contribution < 1.29 is 8.83 Å². The Labute approximate surface area is 301 Å². The summed E-state index contributed by atoms with van der Waals surface area (Å²) in [6, 6.07) is 58.7. The van der Waals surface area contributed by atoms with E-state index in [-0.39, 0.29) is 5.41 Å². The van der Waals surface area contributed by atoms with Gasteiger partial charge in [0.15, 0.2) is 0 Å². The summed E-state index contributed by atoms with van der Waals surface area (Å²) in [5.41, 5.74) is 14.3. The summed E-state index contributed by atoms with van der Waals surface area (Å²) in [6.45, 7) is 4.69. The van der Waals surface area contributed by atoms with Crippen LogP contribution in [0.1, 0.15) is 25.0 Å². The van der Waals surface area contributed by atoms with Gasteiger partial charge in [0, 0.05) is 49.1 Å². The molecule has 2 aromatic heterocycles. The quantitative estimate of drug-likeness (QED) is 0.187. The molecule has 1 aliphatic carbocycles. The minimum Gasteiger partial charge on any atom is -0.456 e. The molecule has 0 spiro atoms. The number of para-hydroxylation sites is 2. The summed E-state index contributed by atoms with van der Waals surface area (Å²) in [6.07, 6.45) is 0. The smallest absolute Gasteiger partial charge is 0.143 e. The number of hydrogen-bond acceptors (Lipinski definition) is 3. The van der Waals surface area contributed by atoms with Crippen LogP contribution in [0.3, 0.4) is 0 Å². The van der Waals surface area contributed by atoms with E-state index in [2.05, 4.69) is 170 Å². The molecular weight excluding hydrogens is 635 g/mol. The maximum atomic E-state index is 6.84. The zero-order valence-corrected chi connectivity index (χ0v) is 28.9. The highest BCUT2D eigenvalue weighted by molar-refractivity contribution is 6.24. The Hall–Kier alpha value is -6.58. The molecule has 0 saturated carbocycles. The molecule has 11 rings (SSSR count). The summed E-state index contributed by atoms with van der Waals surface area (Å²) >= 11 is 0. The Morgan fingerprint density at radius 3 is 1.81 bits per heavy atom. The first kappa shape index (κ1) is 29.2. The molecule has 3 nitrogen and oxygen atoms in total. The fourth-order valence-corrected chi connectivity index (χ4v) is 8.87. The van der Waals surface area contributed by atoms with Gasteiger partial charge in [0.25, 0.3) is 0 Å². The molecule has 0 atom stereocenters. The number of hydrogen-bond donors (Lipinski definition) is 0. The maximum Gasteiger partial charge on any atom is 0.143 e. The number of furan rings is 2. The van der Waals surface area contributed by atoms with Gasteiger partial charge in [-0.2, -0.15) is 0 Å². The predicted molar refractivity (Wildman–Crippen MR) is 216 cm³/mol. The third kappa shape index (κ3) is 4.02. The molecule has 0 radical (unpaired) electrons. The van der Waals surface area contributed by atoms with Crippen LogP contribution in [-0.4, -0.2) is 0 Å². The third-order valence-electron chi connectivity index (χ3n) is 11.3. The maximum absolute atomic E-state index is 6.84. The van der Waals surface area contributed by atoms with Gasteiger partial charge in [-0.25, -0.2) is 0 Å². The van der Waals surface area contributed by atoms with Gasteiger partial charge in [-0.05, 0) is 81.9 Å². The van der Waals surface area contributed by atoms with E-state index in [1.165, 1.54) is 22.3 Å². The molecular formula is C49H33NO2. The van der Waals surface area contributed by atoms with Gasteiger partial charge in [-0.15, -0.1) is 0 Å². The topological polar surface area (TPSA) is 29.5 Å². The van der Waals surface area contributed by atoms with Crippen LogP contribution in [0.2, 0.25) is 0 Å². The standard InChI is InChI=1S/C49H33NO2/c1-49(2)40-22-10-8-16-32(40)33-27-26-31(28-41(33)49)50(30-14-4-3-5-15-30)42-29-39-47-36(21-13-25-45(47)52-48(39)37-18-7-6-17-34(37)42)35-20-12-24-44-46(35)38-19-9-11-23-43(38)51-44/h3-29H,1-2H3. The van der Waals surface area contributed by atoms with Crippen LogP contribution in [0.15, 0.2) is 173 Å². The van der Waals surface area contributed by atoms with Gasteiger partial charge < -0.3 is 13.7 Å². The summed E-state index contributed by atoms with van der Waals surface area (Å²) in [4.78, 5) is 2.42. The van der Waals surface area contributed by atoms with Crippen molar-refractivity contribution in [2.45, 2.75) is 19.3 Å². The first-order valence-electron chi connectivity index (χ1n) is 17.9. The molecule has 0 N–H and O–H groups in total. The van der Waals surface area contributed by atoms with E-state index in [9.17, 15) is 0 Å². The number of rotatable bonds is 4. The lowest BCUT2D eigenvalue weighted by atomic mass is 9.82. The van der Waals surface area contributed by atoms with Gasteiger partial charge in [0.1, 0.15) is 22.3 Å². The van der Waals surface area contributed by atoms with Gasteiger partial charge >= 0.3 is 0 Å². The van der Waals surface area contributed by atoms with Crippen molar-refractivity contribution in [2.75, 3.05) is 4.90 Å². The molecule has 246 valence electrons. The minimum atomic E-state index is -0.121. The first-order valence-corrected chi connectivity index (χ1v) is 17.9.